The number of hydrogen-bond acceptors (Lipinski definition) is 6. The molecular formula is C18H20N2O5. The largest absolute Gasteiger partial charge is 0.444 e. The number of benzene rings is 1. The normalized spacial score (nSPS) is 15.7. The summed E-state index contributed by atoms with van der Waals surface area (Å²) in [6, 6.07) is 8.99. The summed E-state index contributed by atoms with van der Waals surface area (Å²) in [6.45, 7) is 5.21. The molecule has 0 bridgehead atoms. The van der Waals surface area contributed by atoms with Gasteiger partial charge in [0.15, 0.2) is 0 Å². The molecule has 0 unspecified atom stereocenters. The SMILES string of the molecule is Cc1noc(C)c1C(=O)O[C@H](C(=O)N1CCOCC1)c1ccccc1. The Kier molecular flexibility index (Phi) is 5.14. The van der Waals surface area contributed by atoms with Crippen LogP contribution in [0.2, 0.25) is 0 Å². The molecule has 1 aromatic carbocycles. The van der Waals surface area contributed by atoms with Crippen LogP contribution in [-0.4, -0.2) is 48.2 Å². The molecule has 1 aliphatic heterocycles. The predicted octanol–water partition coefficient (Wildman–Crippen LogP) is 2.05. The van der Waals surface area contributed by atoms with E-state index in [4.69, 9.17) is 14.0 Å². The molecule has 2 aromatic rings. The van der Waals surface area contributed by atoms with Crippen LogP contribution in [0.25, 0.3) is 0 Å². The zero-order valence-corrected chi connectivity index (χ0v) is 14.2. The van der Waals surface area contributed by atoms with Gasteiger partial charge in [0.2, 0.25) is 6.10 Å². The number of rotatable bonds is 4. The highest BCUT2D eigenvalue weighted by atomic mass is 16.6. The Morgan fingerprint density at radius 2 is 1.84 bits per heavy atom. The van der Waals surface area contributed by atoms with Gasteiger partial charge in [0.1, 0.15) is 11.3 Å². The lowest BCUT2D eigenvalue weighted by molar-refractivity contribution is -0.145. The molecule has 132 valence electrons. The Bertz CT molecular complexity index is 731. The van der Waals surface area contributed by atoms with E-state index < -0.39 is 12.1 Å². The lowest BCUT2D eigenvalue weighted by Gasteiger charge is -2.30. The fourth-order valence-corrected chi connectivity index (χ4v) is 2.78. The van der Waals surface area contributed by atoms with Crippen molar-refractivity contribution in [2.45, 2.75) is 20.0 Å². The van der Waals surface area contributed by atoms with Gasteiger partial charge < -0.3 is 18.9 Å². The zero-order chi connectivity index (χ0) is 17.8. The van der Waals surface area contributed by atoms with Crippen LogP contribution in [0.5, 0.6) is 0 Å². The first-order valence-corrected chi connectivity index (χ1v) is 8.13. The molecule has 1 atom stereocenters. The van der Waals surface area contributed by atoms with Crippen LogP contribution in [0.3, 0.4) is 0 Å². The van der Waals surface area contributed by atoms with Crippen LogP contribution in [0.15, 0.2) is 34.9 Å². The lowest BCUT2D eigenvalue weighted by Crippen LogP contribution is -2.44. The Hall–Kier alpha value is -2.67. The number of ether oxygens (including phenoxy) is 2. The minimum atomic E-state index is -1.01. The molecule has 25 heavy (non-hydrogen) atoms. The maximum absolute atomic E-state index is 12.9. The van der Waals surface area contributed by atoms with E-state index in [2.05, 4.69) is 5.16 Å². The van der Waals surface area contributed by atoms with Crippen LogP contribution in [0, 0.1) is 13.8 Å². The molecular weight excluding hydrogens is 324 g/mol. The molecule has 0 radical (unpaired) electrons. The van der Waals surface area contributed by atoms with Crippen molar-refractivity contribution in [1.29, 1.82) is 0 Å². The van der Waals surface area contributed by atoms with E-state index in [9.17, 15) is 9.59 Å². The van der Waals surface area contributed by atoms with Crippen molar-refractivity contribution in [3.8, 4) is 0 Å². The first-order valence-electron chi connectivity index (χ1n) is 8.13. The summed E-state index contributed by atoms with van der Waals surface area (Å²) in [5.74, 6) is -0.505. The molecule has 3 rings (SSSR count). The maximum atomic E-state index is 12.9. The third-order valence-electron chi connectivity index (χ3n) is 4.11. The summed E-state index contributed by atoms with van der Waals surface area (Å²) in [6.07, 6.45) is -1.01. The second kappa shape index (κ2) is 7.48. The van der Waals surface area contributed by atoms with Gasteiger partial charge in [-0.05, 0) is 13.8 Å². The fourth-order valence-electron chi connectivity index (χ4n) is 2.78. The van der Waals surface area contributed by atoms with Gasteiger partial charge in [0.25, 0.3) is 5.91 Å². The number of aromatic nitrogens is 1. The van der Waals surface area contributed by atoms with Crippen molar-refractivity contribution < 1.29 is 23.6 Å². The molecule has 0 aliphatic carbocycles. The Morgan fingerprint density at radius 3 is 2.44 bits per heavy atom. The van der Waals surface area contributed by atoms with Crippen molar-refractivity contribution in [1.82, 2.24) is 10.1 Å². The average Bonchev–Trinajstić information content (AvgIpc) is 2.99. The Morgan fingerprint density at radius 1 is 1.16 bits per heavy atom. The second-order valence-corrected chi connectivity index (χ2v) is 5.83. The van der Waals surface area contributed by atoms with Crippen LogP contribution in [0.1, 0.15) is 33.5 Å². The molecule has 0 spiro atoms. The molecule has 0 N–H and O–H groups in total. The summed E-state index contributed by atoms with van der Waals surface area (Å²) < 4.78 is 15.9. The molecule has 2 heterocycles. The van der Waals surface area contributed by atoms with Crippen LogP contribution in [0.4, 0.5) is 0 Å². The average molecular weight is 344 g/mol. The van der Waals surface area contributed by atoms with Gasteiger partial charge in [-0.2, -0.15) is 0 Å². The summed E-state index contributed by atoms with van der Waals surface area (Å²) in [5, 5.41) is 3.76. The van der Waals surface area contributed by atoms with Crippen molar-refractivity contribution in [3.05, 3.63) is 52.9 Å². The highest BCUT2D eigenvalue weighted by Gasteiger charge is 2.32. The lowest BCUT2D eigenvalue weighted by atomic mass is 10.1. The highest BCUT2D eigenvalue weighted by molar-refractivity contribution is 5.94. The summed E-state index contributed by atoms with van der Waals surface area (Å²) in [4.78, 5) is 27.2. The summed E-state index contributed by atoms with van der Waals surface area (Å²) in [5.41, 5.74) is 1.32. The molecule has 1 aliphatic rings. The first-order chi connectivity index (χ1) is 12.1. The maximum Gasteiger partial charge on any atom is 0.344 e. The standard InChI is InChI=1S/C18H20N2O5/c1-12-15(13(2)25-19-12)18(22)24-16(14-6-4-3-5-7-14)17(21)20-8-10-23-11-9-20/h3-7,16H,8-11H2,1-2H3/t16-/m0/s1. The van der Waals surface area contributed by atoms with Crippen LogP contribution in [-0.2, 0) is 14.3 Å². The number of esters is 1. The smallest absolute Gasteiger partial charge is 0.344 e. The fraction of sp³-hybridized carbons (Fsp3) is 0.389. The molecule has 1 saturated heterocycles. The Balaban J connectivity index is 1.86. The second-order valence-electron chi connectivity index (χ2n) is 5.83. The number of hydrogen-bond donors (Lipinski definition) is 0. The van der Waals surface area contributed by atoms with Crippen LogP contribution >= 0.6 is 0 Å². The topological polar surface area (TPSA) is 81.9 Å². The van der Waals surface area contributed by atoms with Crippen molar-refractivity contribution in [3.63, 3.8) is 0 Å². The minimum absolute atomic E-state index is 0.255. The molecule has 1 fully saturated rings. The van der Waals surface area contributed by atoms with Gasteiger partial charge in [-0.3, -0.25) is 4.79 Å². The van der Waals surface area contributed by atoms with Gasteiger partial charge in [0.05, 0.1) is 18.9 Å². The number of morpholine rings is 1. The van der Waals surface area contributed by atoms with Crippen molar-refractivity contribution >= 4 is 11.9 Å². The third kappa shape index (κ3) is 3.71. The van der Waals surface area contributed by atoms with Crippen LogP contribution < -0.4 is 0 Å². The molecule has 1 aromatic heterocycles. The number of nitrogens with zero attached hydrogens (tertiary/aromatic N) is 2. The van der Waals surface area contributed by atoms with E-state index in [1.165, 1.54) is 0 Å². The van der Waals surface area contributed by atoms with Gasteiger partial charge in [-0.1, -0.05) is 35.5 Å². The number of aryl methyl sites for hydroxylation is 2. The first kappa shape index (κ1) is 17.2. The molecule has 1 amide bonds. The Labute approximate surface area is 145 Å². The van der Waals surface area contributed by atoms with Gasteiger partial charge in [0, 0.05) is 18.7 Å². The molecule has 7 nitrogen and oxygen atoms in total. The van der Waals surface area contributed by atoms with E-state index in [-0.39, 0.29) is 11.5 Å². The van der Waals surface area contributed by atoms with Gasteiger partial charge in [-0.15, -0.1) is 0 Å². The molecule has 0 saturated carbocycles. The minimum Gasteiger partial charge on any atom is -0.444 e. The number of amides is 1. The van der Waals surface area contributed by atoms with E-state index in [0.29, 0.717) is 43.3 Å². The third-order valence-corrected chi connectivity index (χ3v) is 4.11. The quantitative estimate of drug-likeness (QED) is 0.790. The van der Waals surface area contributed by atoms with E-state index in [0.717, 1.165) is 0 Å². The summed E-state index contributed by atoms with van der Waals surface area (Å²) >= 11 is 0. The van der Waals surface area contributed by atoms with E-state index in [1.54, 1.807) is 43.0 Å². The van der Waals surface area contributed by atoms with E-state index >= 15 is 0 Å². The van der Waals surface area contributed by atoms with Gasteiger partial charge >= 0.3 is 5.97 Å². The monoisotopic (exact) mass is 344 g/mol. The number of carbonyl (C=O) groups is 2. The van der Waals surface area contributed by atoms with Gasteiger partial charge in [-0.25, -0.2) is 4.79 Å². The van der Waals surface area contributed by atoms with E-state index in [1.807, 2.05) is 6.07 Å². The predicted molar refractivity (Wildman–Crippen MR) is 88.0 cm³/mol. The van der Waals surface area contributed by atoms with Crippen molar-refractivity contribution in [2.75, 3.05) is 26.3 Å². The van der Waals surface area contributed by atoms with Crippen molar-refractivity contribution in [2.24, 2.45) is 0 Å². The summed E-state index contributed by atoms with van der Waals surface area (Å²) in [7, 11) is 0. The molecule has 7 heteroatoms. The zero-order valence-electron chi connectivity index (χ0n) is 14.2. The number of carbonyl (C=O) groups excluding carboxylic acids is 2. The highest BCUT2D eigenvalue weighted by Crippen LogP contribution is 2.24.